The lowest BCUT2D eigenvalue weighted by Gasteiger charge is -2.58. The molecule has 2 N–H and O–H groups in total. The maximum Gasteiger partial charge on any atom is 0.387 e. The number of halogens is 3. The molecule has 9 heteroatoms. The molecule has 0 spiro atoms. The average Bonchev–Trinajstić information content (AvgIpc) is 2.61. The van der Waals surface area contributed by atoms with Gasteiger partial charge in [0.1, 0.15) is 5.67 Å². The highest BCUT2D eigenvalue weighted by Gasteiger charge is 2.57. The standard InChI is InChI=1S/C20H24F3N3O3/c1-26(17-13-4-12-5-14(17)9-20(23,7-12)8-13)19(28)25-24-10-11-2-3-16(15(27)6-11)29-18(21)22/h2-3,6,10,12-14,17-18,27H,4-5,7-9H2,1H3,(H,25,28)/b24-10+. The number of alkyl halides is 3. The fraction of sp³-hybridized carbons (Fsp3) is 0.600. The molecule has 0 aromatic heterocycles. The second kappa shape index (κ2) is 7.42. The lowest BCUT2D eigenvalue weighted by molar-refractivity contribution is -0.111. The van der Waals surface area contributed by atoms with Crippen molar-refractivity contribution in [3.63, 3.8) is 0 Å². The number of hydrazone groups is 1. The van der Waals surface area contributed by atoms with Crippen LogP contribution in [-0.4, -0.2) is 47.6 Å². The first kappa shape index (κ1) is 19.8. The highest BCUT2D eigenvalue weighted by atomic mass is 19.3. The molecular formula is C20H24F3N3O3. The minimum Gasteiger partial charge on any atom is -0.504 e. The first-order valence-electron chi connectivity index (χ1n) is 9.77. The lowest BCUT2D eigenvalue weighted by Crippen LogP contribution is -2.61. The van der Waals surface area contributed by atoms with Crippen LogP contribution in [0.5, 0.6) is 11.5 Å². The number of carbonyl (C=O) groups excluding carboxylic acids is 1. The van der Waals surface area contributed by atoms with Crippen molar-refractivity contribution in [1.29, 1.82) is 0 Å². The number of phenols is 1. The molecule has 0 radical (unpaired) electrons. The predicted molar refractivity (Wildman–Crippen MR) is 99.8 cm³/mol. The van der Waals surface area contributed by atoms with E-state index in [9.17, 15) is 23.1 Å². The summed E-state index contributed by atoms with van der Waals surface area (Å²) in [6, 6.07) is 3.46. The van der Waals surface area contributed by atoms with Gasteiger partial charge in [-0.15, -0.1) is 0 Å². The zero-order valence-electron chi connectivity index (χ0n) is 16.0. The molecule has 0 saturated heterocycles. The summed E-state index contributed by atoms with van der Waals surface area (Å²) >= 11 is 0. The Morgan fingerprint density at radius 1 is 1.34 bits per heavy atom. The number of nitrogens with one attached hydrogen (secondary N) is 1. The van der Waals surface area contributed by atoms with E-state index in [0.717, 1.165) is 12.8 Å². The molecule has 1 aromatic carbocycles. The number of rotatable bonds is 5. The Morgan fingerprint density at radius 3 is 2.62 bits per heavy atom. The molecule has 2 unspecified atom stereocenters. The summed E-state index contributed by atoms with van der Waals surface area (Å²) in [7, 11) is 1.71. The number of urea groups is 1. The molecule has 4 aliphatic carbocycles. The van der Waals surface area contributed by atoms with Gasteiger partial charge >= 0.3 is 12.6 Å². The fourth-order valence-electron chi connectivity index (χ4n) is 5.72. The Bertz CT molecular complexity index is 803. The van der Waals surface area contributed by atoms with E-state index in [1.165, 1.54) is 24.4 Å². The minimum absolute atomic E-state index is 0.0143. The van der Waals surface area contributed by atoms with Crippen molar-refractivity contribution in [2.24, 2.45) is 22.9 Å². The number of hydrogen-bond acceptors (Lipinski definition) is 4. The van der Waals surface area contributed by atoms with E-state index in [1.54, 1.807) is 11.9 Å². The zero-order valence-corrected chi connectivity index (χ0v) is 16.0. The van der Waals surface area contributed by atoms with Gasteiger partial charge in [-0.05, 0) is 73.6 Å². The van der Waals surface area contributed by atoms with Crippen LogP contribution < -0.4 is 10.2 Å². The summed E-state index contributed by atoms with van der Waals surface area (Å²) in [5.41, 5.74) is 1.80. The molecule has 4 saturated carbocycles. The van der Waals surface area contributed by atoms with Crippen LogP contribution in [-0.2, 0) is 0 Å². The first-order chi connectivity index (χ1) is 13.7. The predicted octanol–water partition coefficient (Wildman–Crippen LogP) is 3.89. The van der Waals surface area contributed by atoms with Crippen LogP contribution in [0.1, 0.15) is 37.7 Å². The smallest absolute Gasteiger partial charge is 0.387 e. The largest absolute Gasteiger partial charge is 0.504 e. The molecule has 2 atom stereocenters. The molecule has 4 aliphatic rings. The number of aromatic hydroxyl groups is 1. The molecule has 4 bridgehead atoms. The molecule has 2 amide bonds. The number of amides is 2. The molecule has 0 aliphatic heterocycles. The molecule has 1 aromatic rings. The summed E-state index contributed by atoms with van der Waals surface area (Å²) in [4.78, 5) is 14.2. The van der Waals surface area contributed by atoms with Gasteiger partial charge in [0.2, 0.25) is 0 Å². The van der Waals surface area contributed by atoms with Crippen LogP contribution >= 0.6 is 0 Å². The Kier molecular flexibility index (Phi) is 5.08. The number of benzene rings is 1. The molecule has 29 heavy (non-hydrogen) atoms. The van der Waals surface area contributed by atoms with Gasteiger partial charge in [0.05, 0.1) is 6.21 Å². The summed E-state index contributed by atoms with van der Waals surface area (Å²) < 4.78 is 43.4. The third kappa shape index (κ3) is 4.00. The van der Waals surface area contributed by atoms with Gasteiger partial charge in [-0.3, -0.25) is 0 Å². The maximum atomic E-state index is 14.8. The van der Waals surface area contributed by atoms with Crippen molar-refractivity contribution < 1.29 is 27.8 Å². The van der Waals surface area contributed by atoms with Gasteiger partial charge in [0.25, 0.3) is 0 Å². The molecule has 6 nitrogen and oxygen atoms in total. The number of carbonyl (C=O) groups is 1. The zero-order chi connectivity index (χ0) is 20.8. The molecule has 158 valence electrons. The highest BCUT2D eigenvalue weighted by Crippen LogP contribution is 2.58. The Morgan fingerprint density at radius 2 is 2.03 bits per heavy atom. The van der Waals surface area contributed by atoms with Crippen molar-refractivity contribution >= 4 is 12.2 Å². The van der Waals surface area contributed by atoms with Crippen LogP contribution in [0.4, 0.5) is 18.0 Å². The van der Waals surface area contributed by atoms with Crippen molar-refractivity contribution in [2.45, 2.75) is 50.4 Å². The first-order valence-corrected chi connectivity index (χ1v) is 9.77. The Balaban J connectivity index is 1.36. The van der Waals surface area contributed by atoms with Crippen molar-refractivity contribution in [1.82, 2.24) is 10.3 Å². The van der Waals surface area contributed by atoms with E-state index in [2.05, 4.69) is 15.3 Å². The number of hydrogen-bond donors (Lipinski definition) is 2. The maximum absolute atomic E-state index is 14.8. The second-order valence-corrected chi connectivity index (χ2v) is 8.50. The van der Waals surface area contributed by atoms with Crippen molar-refractivity contribution in [3.8, 4) is 11.5 Å². The molecule has 0 heterocycles. The second-order valence-electron chi connectivity index (χ2n) is 8.50. The summed E-state index contributed by atoms with van der Waals surface area (Å²) in [5, 5.41) is 13.6. The minimum atomic E-state index is -3.03. The third-order valence-electron chi connectivity index (χ3n) is 6.49. The SMILES string of the molecule is CN(C(=O)N/N=C/c1ccc(OC(F)F)c(O)c1)C1C2CC3CC1CC(F)(C3)C2. The summed E-state index contributed by atoms with van der Waals surface area (Å²) in [6.45, 7) is -3.03. The van der Waals surface area contributed by atoms with Gasteiger partial charge in [0.15, 0.2) is 11.5 Å². The van der Waals surface area contributed by atoms with Crippen LogP contribution in [0, 0.1) is 17.8 Å². The monoisotopic (exact) mass is 411 g/mol. The Labute approximate surface area is 166 Å². The van der Waals surface area contributed by atoms with Gasteiger partial charge < -0.3 is 14.7 Å². The number of ether oxygens (including phenoxy) is 1. The van der Waals surface area contributed by atoms with Gasteiger partial charge in [-0.1, -0.05) is 0 Å². The fourth-order valence-corrected chi connectivity index (χ4v) is 5.72. The quantitative estimate of drug-likeness (QED) is 0.570. The van der Waals surface area contributed by atoms with E-state index in [1.807, 2.05) is 0 Å². The highest BCUT2D eigenvalue weighted by molar-refractivity contribution is 5.82. The van der Waals surface area contributed by atoms with E-state index in [-0.39, 0.29) is 29.7 Å². The van der Waals surface area contributed by atoms with E-state index in [4.69, 9.17) is 0 Å². The van der Waals surface area contributed by atoms with Gasteiger partial charge in [0, 0.05) is 13.1 Å². The van der Waals surface area contributed by atoms with Crippen LogP contribution in [0.2, 0.25) is 0 Å². The average molecular weight is 411 g/mol. The van der Waals surface area contributed by atoms with Crippen LogP contribution in [0.25, 0.3) is 0 Å². The lowest BCUT2D eigenvalue weighted by atomic mass is 9.52. The van der Waals surface area contributed by atoms with Crippen LogP contribution in [0.3, 0.4) is 0 Å². The third-order valence-corrected chi connectivity index (χ3v) is 6.49. The summed E-state index contributed by atoms with van der Waals surface area (Å²) in [6.07, 6.45) is 4.96. The molecule has 5 rings (SSSR count). The number of nitrogens with zero attached hydrogens (tertiary/aromatic N) is 2. The van der Waals surface area contributed by atoms with E-state index < -0.39 is 18.0 Å². The normalized spacial score (nSPS) is 32.7. The topological polar surface area (TPSA) is 74.2 Å². The van der Waals surface area contributed by atoms with Crippen LogP contribution in [0.15, 0.2) is 23.3 Å². The molecule has 4 fully saturated rings. The van der Waals surface area contributed by atoms with E-state index in [0.29, 0.717) is 30.7 Å². The van der Waals surface area contributed by atoms with E-state index >= 15 is 0 Å². The van der Waals surface area contributed by atoms with Gasteiger partial charge in [-0.2, -0.15) is 13.9 Å². The van der Waals surface area contributed by atoms with Crippen molar-refractivity contribution in [3.05, 3.63) is 23.8 Å². The number of phenolic OH excluding ortho intramolecular Hbond substituents is 1. The van der Waals surface area contributed by atoms with Gasteiger partial charge in [-0.25, -0.2) is 14.6 Å². The van der Waals surface area contributed by atoms with Crippen molar-refractivity contribution in [2.75, 3.05) is 7.05 Å². The Hall–Kier alpha value is -2.45. The summed E-state index contributed by atoms with van der Waals surface area (Å²) in [5.74, 6) is 0.0171. The molecular weight excluding hydrogens is 387 g/mol.